The molecular formula is C14H19NO3. The highest BCUT2D eigenvalue weighted by atomic mass is 16.5. The van der Waals surface area contributed by atoms with Crippen molar-refractivity contribution in [3.63, 3.8) is 0 Å². The SMILES string of the molecule is COc1ccc(C(C)NC(=O)CC2COC2)cc1. The molecule has 1 heterocycles. The first-order chi connectivity index (χ1) is 8.69. The molecule has 18 heavy (non-hydrogen) atoms. The summed E-state index contributed by atoms with van der Waals surface area (Å²) in [6.45, 7) is 3.41. The van der Waals surface area contributed by atoms with Gasteiger partial charge in [0.15, 0.2) is 0 Å². The summed E-state index contributed by atoms with van der Waals surface area (Å²) in [5, 5.41) is 3.00. The van der Waals surface area contributed by atoms with Gasteiger partial charge in [-0.2, -0.15) is 0 Å². The Morgan fingerprint density at radius 1 is 1.44 bits per heavy atom. The Balaban J connectivity index is 1.85. The molecule has 0 aliphatic carbocycles. The van der Waals surface area contributed by atoms with E-state index in [4.69, 9.17) is 9.47 Å². The lowest BCUT2D eigenvalue weighted by molar-refractivity contribution is -0.127. The number of ether oxygens (including phenoxy) is 2. The quantitative estimate of drug-likeness (QED) is 0.867. The van der Waals surface area contributed by atoms with Gasteiger partial charge in [-0.05, 0) is 24.6 Å². The van der Waals surface area contributed by atoms with E-state index in [-0.39, 0.29) is 11.9 Å². The summed E-state index contributed by atoms with van der Waals surface area (Å²) in [6, 6.07) is 7.76. The van der Waals surface area contributed by atoms with E-state index < -0.39 is 0 Å². The van der Waals surface area contributed by atoms with Gasteiger partial charge in [-0.15, -0.1) is 0 Å². The summed E-state index contributed by atoms with van der Waals surface area (Å²) in [5.74, 6) is 1.31. The number of methoxy groups -OCH3 is 1. The van der Waals surface area contributed by atoms with Gasteiger partial charge < -0.3 is 14.8 Å². The van der Waals surface area contributed by atoms with Crippen molar-refractivity contribution in [2.75, 3.05) is 20.3 Å². The van der Waals surface area contributed by atoms with Gasteiger partial charge in [0, 0.05) is 12.3 Å². The van der Waals surface area contributed by atoms with Crippen molar-refractivity contribution < 1.29 is 14.3 Å². The third-order valence-electron chi connectivity index (χ3n) is 3.17. The molecule has 1 N–H and O–H groups in total. The Hall–Kier alpha value is -1.55. The van der Waals surface area contributed by atoms with Crippen molar-refractivity contribution in [1.82, 2.24) is 5.32 Å². The van der Waals surface area contributed by atoms with Crippen LogP contribution in [0, 0.1) is 5.92 Å². The summed E-state index contributed by atoms with van der Waals surface area (Å²) in [6.07, 6.45) is 0.556. The Labute approximate surface area is 107 Å². The molecule has 0 aromatic heterocycles. The highest BCUT2D eigenvalue weighted by molar-refractivity contribution is 5.76. The molecule has 4 nitrogen and oxygen atoms in total. The van der Waals surface area contributed by atoms with Crippen molar-refractivity contribution in [2.24, 2.45) is 5.92 Å². The first-order valence-corrected chi connectivity index (χ1v) is 6.20. The van der Waals surface area contributed by atoms with Gasteiger partial charge in [0.2, 0.25) is 5.91 Å². The van der Waals surface area contributed by atoms with Gasteiger partial charge in [0.25, 0.3) is 0 Å². The fourth-order valence-electron chi connectivity index (χ4n) is 1.94. The van der Waals surface area contributed by atoms with Crippen LogP contribution in [0.1, 0.15) is 24.9 Å². The van der Waals surface area contributed by atoms with Crippen LogP contribution in [0.5, 0.6) is 5.75 Å². The van der Waals surface area contributed by atoms with E-state index >= 15 is 0 Å². The van der Waals surface area contributed by atoms with Crippen LogP contribution in [0.4, 0.5) is 0 Å². The van der Waals surface area contributed by atoms with Gasteiger partial charge in [0.05, 0.1) is 26.4 Å². The van der Waals surface area contributed by atoms with Gasteiger partial charge in [-0.3, -0.25) is 4.79 Å². The van der Waals surface area contributed by atoms with Crippen LogP contribution in [-0.2, 0) is 9.53 Å². The summed E-state index contributed by atoms with van der Waals surface area (Å²) in [4.78, 5) is 11.8. The molecule has 4 heteroatoms. The zero-order valence-electron chi connectivity index (χ0n) is 10.8. The smallest absolute Gasteiger partial charge is 0.220 e. The topological polar surface area (TPSA) is 47.6 Å². The zero-order valence-corrected chi connectivity index (χ0v) is 10.8. The van der Waals surface area contributed by atoms with Crippen LogP contribution in [0.2, 0.25) is 0 Å². The molecule has 1 atom stereocenters. The first-order valence-electron chi connectivity index (χ1n) is 6.20. The first kappa shape index (κ1) is 12.9. The molecule has 0 bridgehead atoms. The summed E-state index contributed by atoms with van der Waals surface area (Å²) in [5.41, 5.74) is 1.08. The molecular weight excluding hydrogens is 230 g/mol. The second-order valence-electron chi connectivity index (χ2n) is 4.67. The monoisotopic (exact) mass is 249 g/mol. The number of carbonyl (C=O) groups excluding carboxylic acids is 1. The third-order valence-corrected chi connectivity index (χ3v) is 3.17. The van der Waals surface area contributed by atoms with E-state index in [1.165, 1.54) is 0 Å². The van der Waals surface area contributed by atoms with Crippen molar-refractivity contribution >= 4 is 5.91 Å². The van der Waals surface area contributed by atoms with Crippen LogP contribution < -0.4 is 10.1 Å². The minimum Gasteiger partial charge on any atom is -0.497 e. The third kappa shape index (κ3) is 3.23. The highest BCUT2D eigenvalue weighted by Gasteiger charge is 2.22. The predicted octanol–water partition coefficient (Wildman–Crippen LogP) is 1.91. The number of nitrogens with one attached hydrogen (secondary N) is 1. The normalized spacial score (nSPS) is 16.8. The van der Waals surface area contributed by atoms with Crippen LogP contribution in [0.15, 0.2) is 24.3 Å². The molecule has 1 aromatic rings. The number of hydrogen-bond donors (Lipinski definition) is 1. The zero-order chi connectivity index (χ0) is 13.0. The molecule has 2 rings (SSSR count). The lowest BCUT2D eigenvalue weighted by atomic mass is 10.0. The fourth-order valence-corrected chi connectivity index (χ4v) is 1.94. The van der Waals surface area contributed by atoms with Crippen molar-refractivity contribution in [3.8, 4) is 5.75 Å². The van der Waals surface area contributed by atoms with E-state index in [1.807, 2.05) is 31.2 Å². The number of hydrogen-bond acceptors (Lipinski definition) is 3. The molecule has 0 spiro atoms. The van der Waals surface area contributed by atoms with Gasteiger partial charge in [-0.1, -0.05) is 12.1 Å². The Kier molecular flexibility index (Phi) is 4.20. The maximum atomic E-state index is 11.8. The Morgan fingerprint density at radius 3 is 2.61 bits per heavy atom. The lowest BCUT2D eigenvalue weighted by Gasteiger charge is -2.26. The van der Waals surface area contributed by atoms with Crippen molar-refractivity contribution in [1.29, 1.82) is 0 Å². The summed E-state index contributed by atoms with van der Waals surface area (Å²) in [7, 11) is 1.64. The maximum Gasteiger partial charge on any atom is 0.220 e. The van der Waals surface area contributed by atoms with E-state index in [1.54, 1.807) is 7.11 Å². The Morgan fingerprint density at radius 2 is 2.11 bits per heavy atom. The molecule has 1 aliphatic rings. The van der Waals surface area contributed by atoms with Crippen LogP contribution >= 0.6 is 0 Å². The molecule has 0 radical (unpaired) electrons. The average molecular weight is 249 g/mol. The molecule has 1 aromatic carbocycles. The number of carbonyl (C=O) groups is 1. The summed E-state index contributed by atoms with van der Waals surface area (Å²) >= 11 is 0. The largest absolute Gasteiger partial charge is 0.497 e. The van der Waals surface area contributed by atoms with Crippen LogP contribution in [0.25, 0.3) is 0 Å². The minimum absolute atomic E-state index is 0.0180. The standard InChI is InChI=1S/C14H19NO3/c1-10(12-3-5-13(17-2)6-4-12)15-14(16)7-11-8-18-9-11/h3-6,10-11H,7-9H2,1-2H3,(H,15,16). The molecule has 1 unspecified atom stereocenters. The second kappa shape index (κ2) is 5.87. The van der Waals surface area contributed by atoms with E-state index in [0.29, 0.717) is 25.6 Å². The molecule has 98 valence electrons. The van der Waals surface area contributed by atoms with Crippen molar-refractivity contribution in [2.45, 2.75) is 19.4 Å². The number of amides is 1. The van der Waals surface area contributed by atoms with Gasteiger partial charge in [0.1, 0.15) is 5.75 Å². The van der Waals surface area contributed by atoms with Crippen LogP contribution in [-0.4, -0.2) is 26.2 Å². The van der Waals surface area contributed by atoms with E-state index in [9.17, 15) is 4.79 Å². The molecule has 1 amide bonds. The van der Waals surface area contributed by atoms with E-state index in [0.717, 1.165) is 11.3 Å². The van der Waals surface area contributed by atoms with E-state index in [2.05, 4.69) is 5.32 Å². The highest BCUT2D eigenvalue weighted by Crippen LogP contribution is 2.18. The summed E-state index contributed by atoms with van der Waals surface area (Å²) < 4.78 is 10.2. The van der Waals surface area contributed by atoms with Gasteiger partial charge in [-0.25, -0.2) is 0 Å². The predicted molar refractivity (Wildman–Crippen MR) is 68.5 cm³/mol. The minimum atomic E-state index is 0.0180. The second-order valence-corrected chi connectivity index (χ2v) is 4.67. The molecule has 0 saturated carbocycles. The van der Waals surface area contributed by atoms with Crippen molar-refractivity contribution in [3.05, 3.63) is 29.8 Å². The molecule has 1 fully saturated rings. The Bertz CT molecular complexity index is 398. The van der Waals surface area contributed by atoms with Gasteiger partial charge >= 0.3 is 0 Å². The average Bonchev–Trinajstić information content (AvgIpc) is 2.34. The molecule has 1 saturated heterocycles. The number of benzene rings is 1. The lowest BCUT2D eigenvalue weighted by Crippen LogP contribution is -2.35. The number of rotatable bonds is 5. The molecule has 1 aliphatic heterocycles. The maximum absolute atomic E-state index is 11.8. The fraction of sp³-hybridized carbons (Fsp3) is 0.500. The van der Waals surface area contributed by atoms with Crippen LogP contribution in [0.3, 0.4) is 0 Å².